The minimum absolute atomic E-state index is 0.197. The van der Waals surface area contributed by atoms with Crippen molar-refractivity contribution in [3.63, 3.8) is 0 Å². The SMILES string of the molecule is CCc1ccc(S(=O)(=O)N(C)CCC#N)cc1. The van der Waals surface area contributed by atoms with Crippen LogP contribution in [0.25, 0.3) is 0 Å². The summed E-state index contributed by atoms with van der Waals surface area (Å²) in [5, 5.41) is 8.45. The molecule has 0 N–H and O–H groups in total. The third-order valence-corrected chi connectivity index (χ3v) is 4.45. The molecule has 17 heavy (non-hydrogen) atoms. The molecule has 0 aromatic heterocycles. The number of aryl methyl sites for hydroxylation is 1. The number of hydrogen-bond acceptors (Lipinski definition) is 3. The lowest BCUT2D eigenvalue weighted by Crippen LogP contribution is -2.27. The molecule has 0 fully saturated rings. The monoisotopic (exact) mass is 252 g/mol. The first-order valence-corrected chi connectivity index (χ1v) is 6.88. The van der Waals surface area contributed by atoms with E-state index in [1.54, 1.807) is 12.1 Å². The molecular formula is C12H16N2O2S. The van der Waals surface area contributed by atoms with Crippen LogP contribution in [0.4, 0.5) is 0 Å². The Morgan fingerprint density at radius 2 is 1.88 bits per heavy atom. The highest BCUT2D eigenvalue weighted by Crippen LogP contribution is 2.15. The molecule has 0 bridgehead atoms. The van der Waals surface area contributed by atoms with Crippen molar-refractivity contribution in [2.45, 2.75) is 24.7 Å². The molecule has 0 amide bonds. The number of rotatable bonds is 5. The van der Waals surface area contributed by atoms with Gasteiger partial charge in [-0.05, 0) is 24.1 Å². The smallest absolute Gasteiger partial charge is 0.207 e. The second-order valence-corrected chi connectivity index (χ2v) is 5.78. The van der Waals surface area contributed by atoms with Crippen LogP contribution < -0.4 is 0 Å². The van der Waals surface area contributed by atoms with Crippen molar-refractivity contribution in [1.29, 1.82) is 5.26 Å². The zero-order chi connectivity index (χ0) is 12.9. The van der Waals surface area contributed by atoms with Gasteiger partial charge in [0.15, 0.2) is 0 Å². The summed E-state index contributed by atoms with van der Waals surface area (Å²) < 4.78 is 25.3. The summed E-state index contributed by atoms with van der Waals surface area (Å²) >= 11 is 0. The Bertz CT molecular complexity index is 500. The molecule has 0 aliphatic heterocycles. The molecule has 1 rings (SSSR count). The quantitative estimate of drug-likeness (QED) is 0.802. The standard InChI is InChI=1S/C12H16N2O2S/c1-3-11-5-7-12(8-6-11)17(15,16)14(2)10-4-9-13/h5-8H,3-4,10H2,1-2H3. The fraction of sp³-hybridized carbons (Fsp3) is 0.417. The van der Waals surface area contributed by atoms with E-state index in [0.717, 1.165) is 12.0 Å². The van der Waals surface area contributed by atoms with E-state index in [1.165, 1.54) is 11.4 Å². The molecule has 0 spiro atoms. The van der Waals surface area contributed by atoms with Crippen molar-refractivity contribution >= 4 is 10.0 Å². The minimum atomic E-state index is -3.45. The average Bonchev–Trinajstić information content (AvgIpc) is 2.35. The van der Waals surface area contributed by atoms with E-state index < -0.39 is 10.0 Å². The fourth-order valence-electron chi connectivity index (χ4n) is 1.40. The zero-order valence-electron chi connectivity index (χ0n) is 10.0. The Morgan fingerprint density at radius 1 is 1.29 bits per heavy atom. The van der Waals surface area contributed by atoms with Crippen molar-refractivity contribution in [2.24, 2.45) is 0 Å². The molecule has 0 unspecified atom stereocenters. The third-order valence-electron chi connectivity index (χ3n) is 2.58. The fourth-order valence-corrected chi connectivity index (χ4v) is 2.58. The molecule has 0 aliphatic rings. The Hall–Kier alpha value is -1.38. The van der Waals surface area contributed by atoms with Crippen molar-refractivity contribution < 1.29 is 8.42 Å². The lowest BCUT2D eigenvalue weighted by Gasteiger charge is -2.15. The summed E-state index contributed by atoms with van der Waals surface area (Å²) in [4.78, 5) is 0.273. The molecule has 0 atom stereocenters. The number of nitriles is 1. The van der Waals surface area contributed by atoms with Crippen molar-refractivity contribution in [1.82, 2.24) is 4.31 Å². The highest BCUT2D eigenvalue weighted by Gasteiger charge is 2.19. The normalized spacial score (nSPS) is 11.4. The molecule has 92 valence electrons. The predicted octanol–water partition coefficient (Wildman–Crippen LogP) is 1.78. The number of hydrogen-bond donors (Lipinski definition) is 0. The summed E-state index contributed by atoms with van der Waals surface area (Å²) in [6.07, 6.45) is 1.08. The largest absolute Gasteiger partial charge is 0.242 e. The van der Waals surface area contributed by atoms with Gasteiger partial charge < -0.3 is 0 Å². The highest BCUT2D eigenvalue weighted by molar-refractivity contribution is 7.89. The molecule has 1 aromatic rings. The minimum Gasteiger partial charge on any atom is -0.207 e. The van der Waals surface area contributed by atoms with E-state index in [1.807, 2.05) is 25.1 Å². The number of sulfonamides is 1. The summed E-state index contributed by atoms with van der Waals surface area (Å²) in [5.74, 6) is 0. The Morgan fingerprint density at radius 3 is 2.35 bits per heavy atom. The second-order valence-electron chi connectivity index (χ2n) is 3.73. The molecule has 0 aliphatic carbocycles. The van der Waals surface area contributed by atoms with Crippen LogP contribution in [0, 0.1) is 11.3 Å². The molecule has 0 saturated carbocycles. The molecule has 0 saturated heterocycles. The van der Waals surface area contributed by atoms with E-state index in [9.17, 15) is 8.42 Å². The van der Waals surface area contributed by atoms with Crippen LogP contribution in [0.1, 0.15) is 18.9 Å². The maximum Gasteiger partial charge on any atom is 0.242 e. The zero-order valence-corrected chi connectivity index (χ0v) is 10.9. The summed E-state index contributed by atoms with van der Waals surface area (Å²) in [6.45, 7) is 2.23. The van der Waals surface area contributed by atoms with Crippen LogP contribution >= 0.6 is 0 Å². The summed E-state index contributed by atoms with van der Waals surface area (Å²) in [5.41, 5.74) is 1.10. The summed E-state index contributed by atoms with van der Waals surface area (Å²) in [7, 11) is -1.97. The molecule has 5 heteroatoms. The lowest BCUT2D eigenvalue weighted by atomic mass is 10.2. The Labute approximate surface area is 103 Å². The van der Waals surface area contributed by atoms with Gasteiger partial charge in [0.25, 0.3) is 0 Å². The molecule has 4 nitrogen and oxygen atoms in total. The van der Waals surface area contributed by atoms with Gasteiger partial charge in [-0.2, -0.15) is 9.57 Å². The van der Waals surface area contributed by atoms with Crippen LogP contribution in [0.2, 0.25) is 0 Å². The first-order valence-electron chi connectivity index (χ1n) is 5.44. The van der Waals surface area contributed by atoms with Gasteiger partial charge in [-0.25, -0.2) is 8.42 Å². The van der Waals surface area contributed by atoms with Crippen LogP contribution in [-0.2, 0) is 16.4 Å². The Balaban J connectivity index is 2.93. The van der Waals surface area contributed by atoms with E-state index >= 15 is 0 Å². The lowest BCUT2D eigenvalue weighted by molar-refractivity contribution is 0.476. The van der Waals surface area contributed by atoms with Crippen molar-refractivity contribution in [2.75, 3.05) is 13.6 Å². The van der Waals surface area contributed by atoms with Gasteiger partial charge >= 0.3 is 0 Å². The maximum absolute atomic E-state index is 12.1. The van der Waals surface area contributed by atoms with Crippen molar-refractivity contribution in [3.05, 3.63) is 29.8 Å². The maximum atomic E-state index is 12.1. The molecule has 0 radical (unpaired) electrons. The molecular weight excluding hydrogens is 236 g/mol. The highest BCUT2D eigenvalue weighted by atomic mass is 32.2. The topological polar surface area (TPSA) is 61.2 Å². The Kier molecular flexibility index (Phi) is 4.67. The van der Waals surface area contributed by atoms with Gasteiger partial charge in [-0.15, -0.1) is 0 Å². The van der Waals surface area contributed by atoms with Gasteiger partial charge in [0.05, 0.1) is 11.0 Å². The van der Waals surface area contributed by atoms with Gasteiger partial charge in [-0.1, -0.05) is 19.1 Å². The second kappa shape index (κ2) is 5.80. The van der Waals surface area contributed by atoms with E-state index in [0.29, 0.717) is 0 Å². The van der Waals surface area contributed by atoms with Crippen LogP contribution in [-0.4, -0.2) is 26.3 Å². The van der Waals surface area contributed by atoms with Gasteiger partial charge in [0.2, 0.25) is 10.0 Å². The number of benzene rings is 1. The van der Waals surface area contributed by atoms with Crippen molar-refractivity contribution in [3.8, 4) is 6.07 Å². The first-order chi connectivity index (χ1) is 8.02. The van der Waals surface area contributed by atoms with Crippen LogP contribution in [0.15, 0.2) is 29.2 Å². The third kappa shape index (κ3) is 3.29. The number of nitrogens with zero attached hydrogens (tertiary/aromatic N) is 2. The van der Waals surface area contributed by atoms with Gasteiger partial charge in [0.1, 0.15) is 0 Å². The predicted molar refractivity (Wildman–Crippen MR) is 65.9 cm³/mol. The van der Waals surface area contributed by atoms with Gasteiger partial charge in [-0.3, -0.25) is 0 Å². The first kappa shape index (κ1) is 13.7. The van der Waals surface area contributed by atoms with Crippen LogP contribution in [0.3, 0.4) is 0 Å². The average molecular weight is 252 g/mol. The molecule has 0 heterocycles. The van der Waals surface area contributed by atoms with Gasteiger partial charge in [0, 0.05) is 20.0 Å². The molecule has 1 aromatic carbocycles. The van der Waals surface area contributed by atoms with E-state index in [2.05, 4.69) is 0 Å². The van der Waals surface area contributed by atoms with Crippen LogP contribution in [0.5, 0.6) is 0 Å². The van der Waals surface area contributed by atoms with E-state index in [4.69, 9.17) is 5.26 Å². The summed E-state index contributed by atoms with van der Waals surface area (Å²) in [6, 6.07) is 8.77. The van der Waals surface area contributed by atoms with E-state index in [-0.39, 0.29) is 17.9 Å².